The van der Waals surface area contributed by atoms with E-state index in [0.717, 1.165) is 68.0 Å². The Hall–Kier alpha value is -1.39. The quantitative estimate of drug-likeness (QED) is 0.846. The summed E-state index contributed by atoms with van der Waals surface area (Å²) in [6, 6.07) is 9.00. The molecule has 1 amide bonds. The Labute approximate surface area is 169 Å². The van der Waals surface area contributed by atoms with Gasteiger partial charge in [0.2, 0.25) is 5.91 Å². The SMILES string of the molecule is CCc1ccccc1NC(=O)CN1CCN(C2C3CC4CC(C3)CC2C4)CC1. The van der Waals surface area contributed by atoms with Crippen LogP contribution in [0.3, 0.4) is 0 Å². The van der Waals surface area contributed by atoms with Crippen LogP contribution in [0.15, 0.2) is 24.3 Å². The van der Waals surface area contributed by atoms with Crippen molar-refractivity contribution in [1.82, 2.24) is 9.80 Å². The lowest BCUT2D eigenvalue weighted by atomic mass is 9.54. The van der Waals surface area contributed by atoms with Gasteiger partial charge in [-0.25, -0.2) is 0 Å². The van der Waals surface area contributed by atoms with Crippen LogP contribution in [-0.4, -0.2) is 54.5 Å². The topological polar surface area (TPSA) is 35.6 Å². The van der Waals surface area contributed by atoms with Crippen molar-refractivity contribution < 1.29 is 4.79 Å². The summed E-state index contributed by atoms with van der Waals surface area (Å²) in [5, 5.41) is 3.13. The highest BCUT2D eigenvalue weighted by Crippen LogP contribution is 2.55. The summed E-state index contributed by atoms with van der Waals surface area (Å²) in [5.74, 6) is 4.17. The van der Waals surface area contributed by atoms with Gasteiger partial charge in [0.25, 0.3) is 0 Å². The number of hydrogen-bond acceptors (Lipinski definition) is 3. The van der Waals surface area contributed by atoms with Crippen LogP contribution in [0.25, 0.3) is 0 Å². The van der Waals surface area contributed by atoms with E-state index in [2.05, 4.69) is 28.1 Å². The zero-order valence-electron chi connectivity index (χ0n) is 17.3. The highest BCUT2D eigenvalue weighted by molar-refractivity contribution is 5.93. The lowest BCUT2D eigenvalue weighted by molar-refractivity contribution is -0.118. The molecule has 0 radical (unpaired) electrons. The summed E-state index contributed by atoms with van der Waals surface area (Å²) in [5.41, 5.74) is 2.18. The Morgan fingerprint density at radius 3 is 2.25 bits per heavy atom. The molecule has 5 aliphatic rings. The minimum absolute atomic E-state index is 0.129. The number of para-hydroxylation sites is 1. The number of carbonyl (C=O) groups excluding carboxylic acids is 1. The van der Waals surface area contributed by atoms with Crippen molar-refractivity contribution in [2.24, 2.45) is 23.7 Å². The Morgan fingerprint density at radius 2 is 1.61 bits per heavy atom. The lowest BCUT2D eigenvalue weighted by Gasteiger charge is -2.58. The van der Waals surface area contributed by atoms with Crippen LogP contribution in [0.1, 0.15) is 44.6 Å². The van der Waals surface area contributed by atoms with Crippen LogP contribution in [0.5, 0.6) is 0 Å². The van der Waals surface area contributed by atoms with Gasteiger partial charge in [-0.1, -0.05) is 25.1 Å². The maximum Gasteiger partial charge on any atom is 0.238 e. The van der Waals surface area contributed by atoms with E-state index >= 15 is 0 Å². The molecule has 152 valence electrons. The largest absolute Gasteiger partial charge is 0.325 e. The summed E-state index contributed by atoms with van der Waals surface area (Å²) in [6.07, 6.45) is 8.47. The van der Waals surface area contributed by atoms with E-state index in [-0.39, 0.29) is 5.91 Å². The summed E-state index contributed by atoms with van der Waals surface area (Å²) in [4.78, 5) is 17.7. The first-order valence-corrected chi connectivity index (χ1v) is 11.5. The van der Waals surface area contributed by atoms with E-state index in [1.165, 1.54) is 37.7 Å². The summed E-state index contributed by atoms with van der Waals surface area (Å²) in [6.45, 7) is 7.01. The van der Waals surface area contributed by atoms with E-state index in [9.17, 15) is 4.79 Å². The molecule has 1 N–H and O–H groups in total. The van der Waals surface area contributed by atoms with Gasteiger partial charge >= 0.3 is 0 Å². The number of aryl methyl sites for hydroxylation is 1. The number of nitrogens with zero attached hydrogens (tertiary/aromatic N) is 2. The van der Waals surface area contributed by atoms with Gasteiger partial charge in [-0.05, 0) is 73.8 Å². The summed E-state index contributed by atoms with van der Waals surface area (Å²) in [7, 11) is 0. The number of nitrogens with one attached hydrogen (secondary N) is 1. The second-order valence-electron chi connectivity index (χ2n) is 9.79. The van der Waals surface area contributed by atoms with E-state index in [0.29, 0.717) is 6.54 Å². The number of carbonyl (C=O) groups is 1. The molecule has 0 unspecified atom stereocenters. The van der Waals surface area contributed by atoms with Gasteiger partial charge in [-0.15, -0.1) is 0 Å². The third-order valence-corrected chi connectivity index (χ3v) is 8.05. The maximum absolute atomic E-state index is 12.6. The second-order valence-corrected chi connectivity index (χ2v) is 9.79. The monoisotopic (exact) mass is 381 g/mol. The molecule has 4 saturated carbocycles. The summed E-state index contributed by atoms with van der Waals surface area (Å²) < 4.78 is 0. The highest BCUT2D eigenvalue weighted by atomic mass is 16.2. The Kier molecular flexibility index (Phi) is 5.18. The van der Waals surface area contributed by atoms with E-state index in [4.69, 9.17) is 0 Å². The normalized spacial score (nSPS) is 35.2. The first-order valence-electron chi connectivity index (χ1n) is 11.5. The maximum atomic E-state index is 12.6. The smallest absolute Gasteiger partial charge is 0.238 e. The minimum atomic E-state index is 0.129. The second kappa shape index (κ2) is 7.79. The van der Waals surface area contributed by atoms with Crippen molar-refractivity contribution in [3.63, 3.8) is 0 Å². The molecule has 1 aromatic carbocycles. The van der Waals surface area contributed by atoms with Gasteiger partial charge in [0.05, 0.1) is 6.54 Å². The molecule has 4 aliphatic carbocycles. The predicted octanol–water partition coefficient (Wildman–Crippen LogP) is 3.63. The molecule has 4 bridgehead atoms. The van der Waals surface area contributed by atoms with Crippen molar-refractivity contribution in [3.8, 4) is 0 Å². The number of piperazine rings is 1. The summed E-state index contributed by atoms with van der Waals surface area (Å²) >= 11 is 0. The van der Waals surface area contributed by atoms with Crippen molar-refractivity contribution in [2.75, 3.05) is 38.0 Å². The Balaban J connectivity index is 1.13. The molecule has 0 aromatic heterocycles. The Morgan fingerprint density at radius 1 is 0.964 bits per heavy atom. The first-order chi connectivity index (χ1) is 13.7. The van der Waals surface area contributed by atoms with E-state index in [1.807, 2.05) is 18.2 Å². The molecular weight excluding hydrogens is 346 g/mol. The van der Waals surface area contributed by atoms with Crippen LogP contribution in [0.2, 0.25) is 0 Å². The van der Waals surface area contributed by atoms with Crippen molar-refractivity contribution in [2.45, 2.75) is 51.5 Å². The minimum Gasteiger partial charge on any atom is -0.325 e. The fourth-order valence-corrected chi connectivity index (χ4v) is 7.06. The molecule has 0 atom stereocenters. The Bertz CT molecular complexity index is 682. The molecule has 6 rings (SSSR count). The van der Waals surface area contributed by atoms with Crippen molar-refractivity contribution >= 4 is 11.6 Å². The standard InChI is InChI=1S/C24H35N3O/c1-2-19-5-3-4-6-22(19)25-23(28)16-26-7-9-27(10-8-26)24-20-12-17-11-18(14-20)15-21(24)13-17/h3-6,17-18,20-21,24H,2,7-16H2,1H3,(H,25,28). The molecule has 1 aliphatic heterocycles. The number of anilines is 1. The fraction of sp³-hybridized carbons (Fsp3) is 0.708. The number of rotatable bonds is 5. The van der Waals surface area contributed by atoms with Gasteiger partial charge in [-0.2, -0.15) is 0 Å². The van der Waals surface area contributed by atoms with Gasteiger partial charge in [0.15, 0.2) is 0 Å². The lowest BCUT2D eigenvalue weighted by Crippen LogP contribution is -2.60. The molecule has 1 heterocycles. The van der Waals surface area contributed by atoms with Crippen LogP contribution in [0, 0.1) is 23.7 Å². The average molecular weight is 382 g/mol. The van der Waals surface area contributed by atoms with Crippen LogP contribution < -0.4 is 5.32 Å². The molecule has 1 aromatic rings. The molecule has 28 heavy (non-hydrogen) atoms. The van der Waals surface area contributed by atoms with Gasteiger partial charge < -0.3 is 5.32 Å². The predicted molar refractivity (Wildman–Crippen MR) is 113 cm³/mol. The number of amides is 1. The van der Waals surface area contributed by atoms with Crippen LogP contribution in [-0.2, 0) is 11.2 Å². The van der Waals surface area contributed by atoms with Crippen molar-refractivity contribution in [1.29, 1.82) is 0 Å². The van der Waals surface area contributed by atoms with Gasteiger partial charge in [0, 0.05) is 37.9 Å². The van der Waals surface area contributed by atoms with Crippen molar-refractivity contribution in [3.05, 3.63) is 29.8 Å². The number of benzene rings is 1. The molecular formula is C24H35N3O. The van der Waals surface area contributed by atoms with E-state index < -0.39 is 0 Å². The van der Waals surface area contributed by atoms with Gasteiger partial charge in [-0.3, -0.25) is 14.6 Å². The molecule has 4 nitrogen and oxygen atoms in total. The molecule has 1 saturated heterocycles. The van der Waals surface area contributed by atoms with Crippen LogP contribution in [0.4, 0.5) is 5.69 Å². The zero-order chi connectivity index (χ0) is 19.1. The zero-order valence-corrected chi connectivity index (χ0v) is 17.3. The van der Waals surface area contributed by atoms with Crippen LogP contribution >= 0.6 is 0 Å². The van der Waals surface area contributed by atoms with E-state index in [1.54, 1.807) is 0 Å². The first kappa shape index (κ1) is 18.6. The fourth-order valence-electron chi connectivity index (χ4n) is 7.06. The molecule has 0 spiro atoms. The highest BCUT2D eigenvalue weighted by Gasteiger charge is 2.50. The third kappa shape index (κ3) is 3.61. The average Bonchev–Trinajstić information content (AvgIpc) is 2.69. The molecule has 5 fully saturated rings. The number of hydrogen-bond donors (Lipinski definition) is 1. The third-order valence-electron chi connectivity index (χ3n) is 8.05. The molecule has 4 heteroatoms. The van der Waals surface area contributed by atoms with Gasteiger partial charge in [0.1, 0.15) is 0 Å².